The molecule has 0 radical (unpaired) electrons. The second-order valence-corrected chi connectivity index (χ2v) is 6.54. The van der Waals surface area contributed by atoms with E-state index >= 15 is 0 Å². The molecule has 1 saturated heterocycles. The van der Waals surface area contributed by atoms with Gasteiger partial charge in [0.1, 0.15) is 0 Å². The predicted octanol–water partition coefficient (Wildman–Crippen LogP) is 3.98. The topological polar surface area (TPSA) is 29.9 Å². The molecule has 0 saturated carbocycles. The summed E-state index contributed by atoms with van der Waals surface area (Å²) >= 11 is 6.17. The summed E-state index contributed by atoms with van der Waals surface area (Å²) in [5, 5.41) is 8.83. The van der Waals surface area contributed by atoms with Crippen molar-refractivity contribution in [1.29, 1.82) is 0 Å². The van der Waals surface area contributed by atoms with E-state index in [1.807, 2.05) is 23.0 Å². The Bertz CT molecular complexity index is 606. The van der Waals surface area contributed by atoms with Crippen LogP contribution >= 0.6 is 11.6 Å². The Morgan fingerprint density at radius 3 is 2.86 bits per heavy atom. The summed E-state index contributed by atoms with van der Waals surface area (Å²) in [6, 6.07) is 8.67. The number of piperidine rings is 1. The molecule has 1 N–H and O–H groups in total. The average Bonchev–Trinajstić information content (AvgIpc) is 2.97. The van der Waals surface area contributed by atoms with Crippen LogP contribution in [0.1, 0.15) is 49.3 Å². The van der Waals surface area contributed by atoms with Crippen LogP contribution in [0.2, 0.25) is 5.02 Å². The third kappa shape index (κ3) is 3.14. The van der Waals surface area contributed by atoms with Crippen LogP contribution in [0.25, 0.3) is 0 Å². The fourth-order valence-electron chi connectivity index (χ4n) is 3.17. The van der Waals surface area contributed by atoms with E-state index < -0.39 is 0 Å². The largest absolute Gasteiger partial charge is 0.316 e. The molecular weight excluding hydrogens is 282 g/mol. The van der Waals surface area contributed by atoms with Crippen molar-refractivity contribution >= 4 is 11.6 Å². The molecule has 2 atom stereocenters. The monoisotopic (exact) mass is 303 g/mol. The highest BCUT2D eigenvalue weighted by Gasteiger charge is 2.28. The molecule has 0 bridgehead atoms. The number of benzene rings is 1. The molecular formula is C17H22ClN3. The van der Waals surface area contributed by atoms with Gasteiger partial charge >= 0.3 is 0 Å². The standard InChI is InChI=1S/C17H22ClN3/c1-12(2)21-11-14(9-20-21)16-6-7-19-10-17(16)13-4-3-5-15(18)8-13/h3-5,8-9,11-12,16-17,19H,6-7,10H2,1-2H3. The van der Waals surface area contributed by atoms with E-state index in [-0.39, 0.29) is 0 Å². The summed E-state index contributed by atoms with van der Waals surface area (Å²) in [6.45, 7) is 6.38. The molecule has 2 heterocycles. The quantitative estimate of drug-likeness (QED) is 0.929. The molecule has 4 heteroatoms. The first-order chi connectivity index (χ1) is 10.1. The molecule has 3 nitrogen and oxygen atoms in total. The second kappa shape index (κ2) is 6.20. The minimum absolute atomic E-state index is 0.407. The van der Waals surface area contributed by atoms with Gasteiger partial charge in [0.05, 0.1) is 6.20 Å². The summed E-state index contributed by atoms with van der Waals surface area (Å²) in [7, 11) is 0. The highest BCUT2D eigenvalue weighted by Crippen LogP contribution is 2.37. The van der Waals surface area contributed by atoms with E-state index in [1.165, 1.54) is 11.1 Å². The van der Waals surface area contributed by atoms with Gasteiger partial charge in [-0.2, -0.15) is 5.10 Å². The van der Waals surface area contributed by atoms with Gasteiger partial charge in [-0.15, -0.1) is 0 Å². The number of hydrogen-bond acceptors (Lipinski definition) is 2. The Hall–Kier alpha value is -1.32. The highest BCUT2D eigenvalue weighted by molar-refractivity contribution is 6.30. The van der Waals surface area contributed by atoms with Gasteiger partial charge in [0, 0.05) is 29.7 Å². The van der Waals surface area contributed by atoms with Gasteiger partial charge in [0.15, 0.2) is 0 Å². The summed E-state index contributed by atoms with van der Waals surface area (Å²) < 4.78 is 2.05. The van der Waals surface area contributed by atoms with Crippen LogP contribution in [-0.2, 0) is 0 Å². The van der Waals surface area contributed by atoms with E-state index in [0.29, 0.717) is 17.9 Å². The maximum absolute atomic E-state index is 6.17. The third-order valence-corrected chi connectivity index (χ3v) is 4.57. The predicted molar refractivity (Wildman–Crippen MR) is 87.0 cm³/mol. The Labute approximate surface area is 131 Å². The van der Waals surface area contributed by atoms with Crippen molar-refractivity contribution in [3.8, 4) is 0 Å². The Morgan fingerprint density at radius 2 is 2.14 bits per heavy atom. The smallest absolute Gasteiger partial charge is 0.0524 e. The second-order valence-electron chi connectivity index (χ2n) is 6.11. The third-order valence-electron chi connectivity index (χ3n) is 4.34. The number of halogens is 1. The molecule has 1 fully saturated rings. The van der Waals surface area contributed by atoms with Crippen LogP contribution in [0.15, 0.2) is 36.7 Å². The molecule has 0 aliphatic carbocycles. The first kappa shape index (κ1) is 14.6. The number of nitrogens with zero attached hydrogens (tertiary/aromatic N) is 2. The van der Waals surface area contributed by atoms with Crippen LogP contribution in [0.5, 0.6) is 0 Å². The van der Waals surface area contributed by atoms with Crippen LogP contribution in [-0.4, -0.2) is 22.9 Å². The number of aromatic nitrogens is 2. The minimum Gasteiger partial charge on any atom is -0.316 e. The molecule has 2 unspecified atom stereocenters. The fourth-order valence-corrected chi connectivity index (χ4v) is 3.37. The van der Waals surface area contributed by atoms with Gasteiger partial charge in [-0.25, -0.2) is 0 Å². The number of hydrogen-bond donors (Lipinski definition) is 1. The molecule has 0 spiro atoms. The Kier molecular flexibility index (Phi) is 4.32. The zero-order valence-electron chi connectivity index (χ0n) is 12.6. The van der Waals surface area contributed by atoms with Gasteiger partial charge in [-0.3, -0.25) is 4.68 Å². The molecule has 3 rings (SSSR count). The zero-order chi connectivity index (χ0) is 14.8. The fraction of sp³-hybridized carbons (Fsp3) is 0.471. The maximum atomic E-state index is 6.17. The molecule has 112 valence electrons. The van der Waals surface area contributed by atoms with Crippen molar-refractivity contribution in [2.45, 2.75) is 38.1 Å². The van der Waals surface area contributed by atoms with Gasteiger partial charge in [-0.05, 0) is 56.0 Å². The van der Waals surface area contributed by atoms with E-state index in [9.17, 15) is 0 Å². The van der Waals surface area contributed by atoms with Gasteiger partial charge in [0.25, 0.3) is 0 Å². The highest BCUT2D eigenvalue weighted by atomic mass is 35.5. The Balaban J connectivity index is 1.90. The first-order valence-corrected chi connectivity index (χ1v) is 8.03. The SMILES string of the molecule is CC(C)n1cc(C2CCNCC2c2cccc(Cl)c2)cn1. The molecule has 2 aromatic rings. The number of nitrogens with one attached hydrogen (secondary N) is 1. The Morgan fingerprint density at radius 1 is 1.29 bits per heavy atom. The van der Waals surface area contributed by atoms with Crippen molar-refractivity contribution in [2.75, 3.05) is 13.1 Å². The molecule has 21 heavy (non-hydrogen) atoms. The molecule has 1 aromatic heterocycles. The van der Waals surface area contributed by atoms with Crippen molar-refractivity contribution in [2.24, 2.45) is 0 Å². The van der Waals surface area contributed by atoms with E-state index in [2.05, 4.69) is 42.6 Å². The van der Waals surface area contributed by atoms with Crippen molar-refractivity contribution < 1.29 is 0 Å². The summed E-state index contributed by atoms with van der Waals surface area (Å²) in [6.07, 6.45) is 5.38. The average molecular weight is 304 g/mol. The van der Waals surface area contributed by atoms with Crippen molar-refractivity contribution in [1.82, 2.24) is 15.1 Å². The van der Waals surface area contributed by atoms with Crippen molar-refractivity contribution in [3.63, 3.8) is 0 Å². The molecule has 1 aliphatic heterocycles. The first-order valence-electron chi connectivity index (χ1n) is 7.65. The normalized spacial score (nSPS) is 22.7. The van der Waals surface area contributed by atoms with Crippen molar-refractivity contribution in [3.05, 3.63) is 52.8 Å². The van der Waals surface area contributed by atoms with Crippen LogP contribution in [0.4, 0.5) is 0 Å². The lowest BCUT2D eigenvalue weighted by Gasteiger charge is -2.32. The van der Waals surface area contributed by atoms with Crippen LogP contribution in [0.3, 0.4) is 0 Å². The zero-order valence-corrected chi connectivity index (χ0v) is 13.3. The lowest BCUT2D eigenvalue weighted by molar-refractivity contribution is 0.403. The summed E-state index contributed by atoms with van der Waals surface area (Å²) in [5.41, 5.74) is 2.66. The lowest BCUT2D eigenvalue weighted by Crippen LogP contribution is -2.33. The summed E-state index contributed by atoms with van der Waals surface area (Å²) in [5.74, 6) is 0.972. The maximum Gasteiger partial charge on any atom is 0.0524 e. The lowest BCUT2D eigenvalue weighted by atomic mass is 9.78. The van der Waals surface area contributed by atoms with Crippen LogP contribution in [0, 0.1) is 0 Å². The van der Waals surface area contributed by atoms with E-state index in [1.54, 1.807) is 0 Å². The van der Waals surface area contributed by atoms with Gasteiger partial charge < -0.3 is 5.32 Å². The molecule has 1 aliphatic rings. The molecule has 0 amide bonds. The van der Waals surface area contributed by atoms with E-state index in [4.69, 9.17) is 11.6 Å². The van der Waals surface area contributed by atoms with Gasteiger partial charge in [-0.1, -0.05) is 23.7 Å². The van der Waals surface area contributed by atoms with E-state index in [0.717, 1.165) is 24.5 Å². The minimum atomic E-state index is 0.407. The molecule has 1 aromatic carbocycles. The van der Waals surface area contributed by atoms with Gasteiger partial charge in [0.2, 0.25) is 0 Å². The number of rotatable bonds is 3. The van der Waals surface area contributed by atoms with Crippen LogP contribution < -0.4 is 5.32 Å². The summed E-state index contributed by atoms with van der Waals surface area (Å²) in [4.78, 5) is 0.